The van der Waals surface area contributed by atoms with Crippen molar-refractivity contribution in [2.24, 2.45) is 0 Å². The summed E-state index contributed by atoms with van der Waals surface area (Å²) in [6, 6.07) is 0. The monoisotopic (exact) mass is 243 g/mol. The Bertz CT molecular complexity index is 258. The summed E-state index contributed by atoms with van der Waals surface area (Å²) in [6.45, 7) is 4.09. The first kappa shape index (κ1) is 14.5. The second-order valence-electron chi connectivity index (χ2n) is 5.35. The van der Waals surface area contributed by atoms with Crippen molar-refractivity contribution in [2.45, 2.75) is 63.5 Å². The number of hydrogen-bond donors (Lipinski definition) is 2. The fourth-order valence-corrected chi connectivity index (χ4v) is 2.27. The van der Waals surface area contributed by atoms with Gasteiger partial charge in [0.1, 0.15) is 0 Å². The zero-order valence-electron chi connectivity index (χ0n) is 11.2. The molecule has 0 saturated heterocycles. The number of aliphatic hydroxyl groups is 1. The predicted octanol–water partition coefficient (Wildman–Crippen LogP) is 1.61. The number of carbonyl (C=O) groups is 1. The number of carbonyl (C=O) groups excluding carboxylic acids is 1. The number of aliphatic hydroxyl groups excluding tert-OH is 1. The standard InChI is InChI=1S/C13H25NO3/c1-4-12(2,8-9-15)14-11(16)10-13(17-3)6-5-7-13/h15H,4-10H2,1-3H3,(H,14,16). The highest BCUT2D eigenvalue weighted by Crippen LogP contribution is 2.38. The van der Waals surface area contributed by atoms with Gasteiger partial charge in [-0.1, -0.05) is 6.92 Å². The van der Waals surface area contributed by atoms with Crippen LogP contribution in [0.15, 0.2) is 0 Å². The summed E-state index contributed by atoms with van der Waals surface area (Å²) in [5, 5.41) is 12.0. The van der Waals surface area contributed by atoms with Crippen LogP contribution in [0.3, 0.4) is 0 Å². The molecule has 4 nitrogen and oxygen atoms in total. The van der Waals surface area contributed by atoms with Gasteiger partial charge in [-0.25, -0.2) is 0 Å². The molecule has 0 aromatic heterocycles. The van der Waals surface area contributed by atoms with E-state index in [4.69, 9.17) is 9.84 Å². The van der Waals surface area contributed by atoms with E-state index < -0.39 is 0 Å². The lowest BCUT2D eigenvalue weighted by Crippen LogP contribution is -2.50. The van der Waals surface area contributed by atoms with Crippen LogP contribution in [0.4, 0.5) is 0 Å². The average Bonchev–Trinajstić information content (AvgIpc) is 2.24. The highest BCUT2D eigenvalue weighted by atomic mass is 16.5. The first-order valence-electron chi connectivity index (χ1n) is 6.46. The number of rotatable bonds is 7. The molecule has 1 fully saturated rings. The Kier molecular flexibility index (Phi) is 4.95. The third-order valence-corrected chi connectivity index (χ3v) is 4.07. The molecule has 0 heterocycles. The van der Waals surface area contributed by atoms with Crippen molar-refractivity contribution in [3.63, 3.8) is 0 Å². The molecule has 17 heavy (non-hydrogen) atoms. The zero-order valence-corrected chi connectivity index (χ0v) is 11.2. The van der Waals surface area contributed by atoms with E-state index in [9.17, 15) is 4.79 Å². The van der Waals surface area contributed by atoms with Gasteiger partial charge in [-0.3, -0.25) is 4.79 Å². The number of ether oxygens (including phenoxy) is 1. The van der Waals surface area contributed by atoms with E-state index in [1.165, 1.54) is 0 Å². The first-order chi connectivity index (χ1) is 7.99. The van der Waals surface area contributed by atoms with Crippen molar-refractivity contribution < 1.29 is 14.6 Å². The topological polar surface area (TPSA) is 58.6 Å². The number of methoxy groups -OCH3 is 1. The zero-order chi connectivity index (χ0) is 12.9. The molecular weight excluding hydrogens is 218 g/mol. The van der Waals surface area contributed by atoms with Crippen LogP contribution < -0.4 is 5.32 Å². The lowest BCUT2D eigenvalue weighted by molar-refractivity contribution is -0.136. The molecule has 0 aromatic rings. The summed E-state index contributed by atoms with van der Waals surface area (Å²) in [7, 11) is 1.68. The smallest absolute Gasteiger partial charge is 0.223 e. The summed E-state index contributed by atoms with van der Waals surface area (Å²) in [5.41, 5.74) is -0.525. The molecular formula is C13H25NO3. The fourth-order valence-electron chi connectivity index (χ4n) is 2.27. The molecule has 100 valence electrons. The van der Waals surface area contributed by atoms with Gasteiger partial charge in [0, 0.05) is 19.3 Å². The minimum atomic E-state index is -0.301. The Balaban J connectivity index is 2.47. The molecule has 1 amide bonds. The van der Waals surface area contributed by atoms with E-state index in [-0.39, 0.29) is 23.7 Å². The molecule has 0 radical (unpaired) electrons. The molecule has 1 aliphatic carbocycles. The predicted molar refractivity (Wildman–Crippen MR) is 66.7 cm³/mol. The van der Waals surface area contributed by atoms with Crippen LogP contribution in [0.2, 0.25) is 0 Å². The number of hydrogen-bond acceptors (Lipinski definition) is 3. The summed E-state index contributed by atoms with van der Waals surface area (Å²) < 4.78 is 5.44. The molecule has 4 heteroatoms. The summed E-state index contributed by atoms with van der Waals surface area (Å²) in [5.74, 6) is 0.0318. The summed E-state index contributed by atoms with van der Waals surface area (Å²) in [4.78, 5) is 12.0. The Morgan fingerprint density at radius 1 is 1.53 bits per heavy atom. The van der Waals surface area contributed by atoms with Gasteiger partial charge in [0.25, 0.3) is 0 Å². The van der Waals surface area contributed by atoms with Gasteiger partial charge in [0.05, 0.1) is 12.0 Å². The molecule has 0 bridgehead atoms. The maximum Gasteiger partial charge on any atom is 0.223 e. The molecule has 0 aromatic carbocycles. The highest BCUT2D eigenvalue weighted by Gasteiger charge is 2.39. The summed E-state index contributed by atoms with van der Waals surface area (Å²) in [6.07, 6.45) is 4.93. The Morgan fingerprint density at radius 3 is 2.53 bits per heavy atom. The van der Waals surface area contributed by atoms with Crippen molar-refractivity contribution in [3.05, 3.63) is 0 Å². The maximum absolute atomic E-state index is 12.0. The second kappa shape index (κ2) is 5.83. The van der Waals surface area contributed by atoms with E-state index in [1.807, 2.05) is 13.8 Å². The number of amides is 1. The van der Waals surface area contributed by atoms with Crippen LogP contribution in [0.1, 0.15) is 52.4 Å². The van der Waals surface area contributed by atoms with Crippen LogP contribution >= 0.6 is 0 Å². The minimum Gasteiger partial charge on any atom is -0.396 e. The maximum atomic E-state index is 12.0. The van der Waals surface area contributed by atoms with Gasteiger partial charge >= 0.3 is 0 Å². The molecule has 0 aliphatic heterocycles. The Hall–Kier alpha value is -0.610. The first-order valence-corrected chi connectivity index (χ1v) is 6.46. The molecule has 1 unspecified atom stereocenters. The van der Waals surface area contributed by atoms with Crippen molar-refractivity contribution in [1.29, 1.82) is 0 Å². The van der Waals surface area contributed by atoms with E-state index >= 15 is 0 Å². The lowest BCUT2D eigenvalue weighted by atomic mass is 9.77. The van der Waals surface area contributed by atoms with Crippen LogP contribution in [-0.2, 0) is 9.53 Å². The molecule has 1 aliphatic rings. The van der Waals surface area contributed by atoms with Crippen molar-refractivity contribution in [3.8, 4) is 0 Å². The molecule has 2 N–H and O–H groups in total. The largest absolute Gasteiger partial charge is 0.396 e. The Morgan fingerprint density at radius 2 is 2.18 bits per heavy atom. The third-order valence-electron chi connectivity index (χ3n) is 4.07. The molecule has 1 rings (SSSR count). The van der Waals surface area contributed by atoms with Crippen molar-refractivity contribution in [1.82, 2.24) is 5.32 Å². The van der Waals surface area contributed by atoms with E-state index in [2.05, 4.69) is 5.32 Å². The van der Waals surface area contributed by atoms with E-state index in [0.717, 1.165) is 25.7 Å². The molecule has 1 saturated carbocycles. The van der Waals surface area contributed by atoms with Crippen molar-refractivity contribution >= 4 is 5.91 Å². The second-order valence-corrected chi connectivity index (χ2v) is 5.35. The lowest BCUT2D eigenvalue weighted by Gasteiger charge is -2.41. The van der Waals surface area contributed by atoms with E-state index in [0.29, 0.717) is 12.8 Å². The van der Waals surface area contributed by atoms with Crippen LogP contribution in [0.5, 0.6) is 0 Å². The summed E-state index contributed by atoms with van der Waals surface area (Å²) >= 11 is 0. The normalized spacial score (nSPS) is 21.4. The van der Waals surface area contributed by atoms with Gasteiger partial charge in [0.15, 0.2) is 0 Å². The van der Waals surface area contributed by atoms with Gasteiger partial charge in [-0.2, -0.15) is 0 Å². The van der Waals surface area contributed by atoms with Crippen molar-refractivity contribution in [2.75, 3.05) is 13.7 Å². The molecule has 1 atom stereocenters. The van der Waals surface area contributed by atoms with Crippen LogP contribution in [0.25, 0.3) is 0 Å². The molecule has 0 spiro atoms. The minimum absolute atomic E-state index is 0.0318. The third kappa shape index (κ3) is 3.68. The number of nitrogens with one attached hydrogen (secondary N) is 1. The highest BCUT2D eigenvalue weighted by molar-refractivity contribution is 5.78. The quantitative estimate of drug-likeness (QED) is 0.714. The van der Waals surface area contributed by atoms with Gasteiger partial charge in [-0.15, -0.1) is 0 Å². The van der Waals surface area contributed by atoms with Crippen LogP contribution in [-0.4, -0.2) is 35.9 Å². The SMILES string of the molecule is CCC(C)(CCO)NC(=O)CC1(OC)CCC1. The van der Waals surface area contributed by atoms with E-state index in [1.54, 1.807) is 7.11 Å². The van der Waals surface area contributed by atoms with Gasteiger partial charge in [0.2, 0.25) is 5.91 Å². The average molecular weight is 243 g/mol. The van der Waals surface area contributed by atoms with Gasteiger partial charge in [-0.05, 0) is 39.0 Å². The van der Waals surface area contributed by atoms with Crippen LogP contribution in [0, 0.1) is 0 Å². The Labute approximate surface area is 104 Å². The fraction of sp³-hybridized carbons (Fsp3) is 0.923. The van der Waals surface area contributed by atoms with Gasteiger partial charge < -0.3 is 15.2 Å².